The Morgan fingerprint density at radius 2 is 1.81 bits per heavy atom. The minimum atomic E-state index is -0.937. The van der Waals surface area contributed by atoms with E-state index in [0.29, 0.717) is 17.0 Å². The maximum Gasteiger partial charge on any atom is 0.127 e. The molecule has 134 valence electrons. The number of nitrogens with zero attached hydrogens (tertiary/aromatic N) is 3. The Morgan fingerprint density at radius 1 is 1.00 bits per heavy atom. The van der Waals surface area contributed by atoms with E-state index < -0.39 is 6.10 Å². The third kappa shape index (κ3) is 3.13. The first-order chi connectivity index (χ1) is 13.2. The van der Waals surface area contributed by atoms with Crippen LogP contribution in [0.25, 0.3) is 22.2 Å². The van der Waals surface area contributed by atoms with Gasteiger partial charge in [-0.05, 0) is 42.8 Å². The predicted octanol–water partition coefficient (Wildman–Crippen LogP) is 4.09. The van der Waals surface area contributed by atoms with Crippen molar-refractivity contribution in [1.29, 1.82) is 0 Å². The van der Waals surface area contributed by atoms with Crippen LogP contribution in [0.15, 0.2) is 67.1 Å². The lowest BCUT2D eigenvalue weighted by molar-refractivity contribution is 0.211. The van der Waals surface area contributed by atoms with Crippen molar-refractivity contribution in [2.45, 2.75) is 13.0 Å². The second-order valence-corrected chi connectivity index (χ2v) is 6.30. The summed E-state index contributed by atoms with van der Waals surface area (Å²) in [6, 6.07) is 15.2. The van der Waals surface area contributed by atoms with E-state index in [1.807, 2.05) is 55.5 Å². The topological polar surface area (TPSA) is 68.1 Å². The first-order valence-corrected chi connectivity index (χ1v) is 8.66. The Balaban J connectivity index is 1.94. The molecule has 0 radical (unpaired) electrons. The maximum atomic E-state index is 11.2. The molecule has 4 aromatic rings. The van der Waals surface area contributed by atoms with Gasteiger partial charge in [-0.2, -0.15) is 0 Å². The number of methoxy groups -OCH3 is 1. The Kier molecular flexibility index (Phi) is 4.52. The number of aliphatic hydroxyl groups excluding tert-OH is 1. The molecule has 27 heavy (non-hydrogen) atoms. The van der Waals surface area contributed by atoms with Gasteiger partial charge in [0.15, 0.2) is 0 Å². The van der Waals surface area contributed by atoms with Crippen molar-refractivity contribution in [2.75, 3.05) is 7.11 Å². The summed E-state index contributed by atoms with van der Waals surface area (Å²) in [6.07, 6.45) is 4.24. The van der Waals surface area contributed by atoms with Crippen molar-refractivity contribution in [2.24, 2.45) is 0 Å². The lowest BCUT2D eigenvalue weighted by Crippen LogP contribution is -2.07. The number of hydrogen-bond donors (Lipinski definition) is 1. The number of aryl methyl sites for hydroxylation is 1. The van der Waals surface area contributed by atoms with E-state index in [4.69, 9.17) is 9.72 Å². The number of pyridine rings is 3. The lowest BCUT2D eigenvalue weighted by Gasteiger charge is -2.18. The molecular weight excluding hydrogens is 338 g/mol. The Morgan fingerprint density at radius 3 is 2.59 bits per heavy atom. The number of aliphatic hydroxyl groups is 1. The number of para-hydroxylation sites is 1. The summed E-state index contributed by atoms with van der Waals surface area (Å²) < 4.78 is 5.53. The standard InChI is InChI=1S/C22H19N3O2/c1-14-5-3-6-17(22(14)27-2)21(26)20-16-7-4-10-24-19(16)13-18(25-20)15-8-11-23-12-9-15/h3-13,21,26H,1-2H3. The summed E-state index contributed by atoms with van der Waals surface area (Å²) in [6.45, 7) is 1.95. The van der Waals surface area contributed by atoms with E-state index in [-0.39, 0.29) is 0 Å². The minimum absolute atomic E-state index is 0.552. The van der Waals surface area contributed by atoms with Crippen LogP contribution in [0, 0.1) is 6.92 Å². The van der Waals surface area contributed by atoms with Crippen LogP contribution in [0.1, 0.15) is 22.9 Å². The fourth-order valence-corrected chi connectivity index (χ4v) is 3.30. The van der Waals surface area contributed by atoms with Gasteiger partial charge in [0.25, 0.3) is 0 Å². The summed E-state index contributed by atoms with van der Waals surface area (Å²) in [5, 5.41) is 12.0. The van der Waals surface area contributed by atoms with Crippen LogP contribution in [-0.4, -0.2) is 27.2 Å². The molecular formula is C22H19N3O2. The molecule has 0 aliphatic rings. The van der Waals surface area contributed by atoms with Crippen molar-refractivity contribution in [3.05, 3.63) is 83.9 Å². The Labute approximate surface area is 157 Å². The van der Waals surface area contributed by atoms with E-state index in [0.717, 1.165) is 27.7 Å². The van der Waals surface area contributed by atoms with Crippen LogP contribution in [0.2, 0.25) is 0 Å². The molecule has 5 nitrogen and oxygen atoms in total. The molecule has 1 unspecified atom stereocenters. The molecule has 5 heteroatoms. The normalized spacial score (nSPS) is 12.1. The zero-order valence-electron chi connectivity index (χ0n) is 15.1. The van der Waals surface area contributed by atoms with Crippen LogP contribution in [0.3, 0.4) is 0 Å². The van der Waals surface area contributed by atoms with Gasteiger partial charge in [-0.3, -0.25) is 9.97 Å². The average Bonchev–Trinajstić information content (AvgIpc) is 2.73. The van der Waals surface area contributed by atoms with Gasteiger partial charge >= 0.3 is 0 Å². The monoisotopic (exact) mass is 357 g/mol. The third-order valence-corrected chi connectivity index (χ3v) is 4.60. The number of ether oxygens (including phenoxy) is 1. The minimum Gasteiger partial charge on any atom is -0.496 e. The molecule has 0 saturated carbocycles. The summed E-state index contributed by atoms with van der Waals surface area (Å²) >= 11 is 0. The van der Waals surface area contributed by atoms with Gasteiger partial charge in [0.1, 0.15) is 11.9 Å². The van der Waals surface area contributed by atoms with Crippen LogP contribution >= 0.6 is 0 Å². The van der Waals surface area contributed by atoms with Gasteiger partial charge in [-0.1, -0.05) is 18.2 Å². The second kappa shape index (κ2) is 7.13. The van der Waals surface area contributed by atoms with Gasteiger partial charge in [-0.15, -0.1) is 0 Å². The summed E-state index contributed by atoms with van der Waals surface area (Å²) in [5.74, 6) is 0.665. The SMILES string of the molecule is COc1c(C)cccc1C(O)c1nc(-c2ccncc2)cc2ncccc12. The summed E-state index contributed by atoms with van der Waals surface area (Å²) in [4.78, 5) is 13.3. The molecule has 1 atom stereocenters. The Hall–Kier alpha value is -3.31. The lowest BCUT2D eigenvalue weighted by atomic mass is 9.98. The highest BCUT2D eigenvalue weighted by Crippen LogP contribution is 2.35. The first-order valence-electron chi connectivity index (χ1n) is 8.66. The third-order valence-electron chi connectivity index (χ3n) is 4.60. The number of rotatable bonds is 4. The first kappa shape index (κ1) is 17.1. The van der Waals surface area contributed by atoms with Gasteiger partial charge in [0.2, 0.25) is 0 Å². The molecule has 3 aromatic heterocycles. The molecule has 1 aromatic carbocycles. The van der Waals surface area contributed by atoms with E-state index in [1.165, 1.54) is 0 Å². The quantitative estimate of drug-likeness (QED) is 0.596. The number of benzene rings is 1. The molecule has 1 N–H and O–H groups in total. The van der Waals surface area contributed by atoms with Crippen LogP contribution < -0.4 is 4.74 Å². The number of aromatic nitrogens is 3. The molecule has 3 heterocycles. The molecule has 0 aliphatic carbocycles. The van der Waals surface area contributed by atoms with Gasteiger partial charge < -0.3 is 9.84 Å². The predicted molar refractivity (Wildman–Crippen MR) is 105 cm³/mol. The van der Waals surface area contributed by atoms with Crippen LogP contribution in [0.4, 0.5) is 0 Å². The zero-order valence-corrected chi connectivity index (χ0v) is 15.1. The average molecular weight is 357 g/mol. The molecule has 0 aliphatic heterocycles. The number of fused-ring (bicyclic) bond motifs is 1. The van der Waals surface area contributed by atoms with Crippen molar-refractivity contribution in [1.82, 2.24) is 15.0 Å². The van der Waals surface area contributed by atoms with Crippen molar-refractivity contribution >= 4 is 10.9 Å². The van der Waals surface area contributed by atoms with Gasteiger partial charge in [0, 0.05) is 35.1 Å². The second-order valence-electron chi connectivity index (χ2n) is 6.30. The highest BCUT2D eigenvalue weighted by atomic mass is 16.5. The van der Waals surface area contributed by atoms with Crippen LogP contribution in [0.5, 0.6) is 5.75 Å². The molecule has 0 bridgehead atoms. The summed E-state index contributed by atoms with van der Waals surface area (Å²) in [7, 11) is 1.61. The van der Waals surface area contributed by atoms with E-state index >= 15 is 0 Å². The van der Waals surface area contributed by atoms with E-state index in [9.17, 15) is 5.11 Å². The molecule has 4 rings (SSSR count). The fraction of sp³-hybridized carbons (Fsp3) is 0.136. The smallest absolute Gasteiger partial charge is 0.127 e. The molecule has 0 saturated heterocycles. The van der Waals surface area contributed by atoms with Crippen molar-refractivity contribution < 1.29 is 9.84 Å². The highest BCUT2D eigenvalue weighted by molar-refractivity contribution is 5.85. The van der Waals surface area contributed by atoms with E-state index in [1.54, 1.807) is 25.7 Å². The molecule has 0 spiro atoms. The van der Waals surface area contributed by atoms with Crippen molar-refractivity contribution in [3.63, 3.8) is 0 Å². The zero-order chi connectivity index (χ0) is 18.8. The van der Waals surface area contributed by atoms with E-state index in [2.05, 4.69) is 9.97 Å². The number of hydrogen-bond acceptors (Lipinski definition) is 5. The van der Waals surface area contributed by atoms with Crippen molar-refractivity contribution in [3.8, 4) is 17.0 Å². The molecule has 0 fully saturated rings. The van der Waals surface area contributed by atoms with Crippen LogP contribution in [-0.2, 0) is 0 Å². The largest absolute Gasteiger partial charge is 0.496 e. The fourth-order valence-electron chi connectivity index (χ4n) is 3.30. The highest BCUT2D eigenvalue weighted by Gasteiger charge is 2.21. The maximum absolute atomic E-state index is 11.2. The molecule has 0 amide bonds. The summed E-state index contributed by atoms with van der Waals surface area (Å²) in [5.41, 5.74) is 4.63. The van der Waals surface area contributed by atoms with Gasteiger partial charge in [-0.25, -0.2) is 4.98 Å². The van der Waals surface area contributed by atoms with Gasteiger partial charge in [0.05, 0.1) is 24.0 Å². The Bertz CT molecular complexity index is 1100.